The van der Waals surface area contributed by atoms with Gasteiger partial charge in [-0.05, 0) is 49.9 Å². The van der Waals surface area contributed by atoms with Crippen LogP contribution in [-0.4, -0.2) is 44.3 Å². The summed E-state index contributed by atoms with van der Waals surface area (Å²) < 4.78 is 5.39. The van der Waals surface area contributed by atoms with Gasteiger partial charge in [0.05, 0.1) is 13.2 Å². The van der Waals surface area contributed by atoms with Gasteiger partial charge >= 0.3 is 0 Å². The Morgan fingerprint density at radius 2 is 1.67 bits per heavy atom. The fraction of sp³-hybridized carbons (Fsp3) is 0.619. The molecule has 3 nitrogen and oxygen atoms in total. The highest BCUT2D eigenvalue weighted by Crippen LogP contribution is 2.25. The van der Waals surface area contributed by atoms with Crippen molar-refractivity contribution in [2.75, 3.05) is 39.4 Å². The van der Waals surface area contributed by atoms with Crippen molar-refractivity contribution < 1.29 is 4.74 Å². The van der Waals surface area contributed by atoms with E-state index in [1.54, 1.807) is 6.08 Å². The van der Waals surface area contributed by atoms with Crippen molar-refractivity contribution in [3.63, 3.8) is 0 Å². The Morgan fingerprint density at radius 3 is 2.21 bits per heavy atom. The molecule has 0 atom stereocenters. The maximum atomic E-state index is 5.39. The molecule has 2 saturated heterocycles. The predicted octanol–water partition coefficient (Wildman–Crippen LogP) is 4.20. The van der Waals surface area contributed by atoms with Crippen LogP contribution in [0.1, 0.15) is 50.7 Å². The van der Waals surface area contributed by atoms with Crippen molar-refractivity contribution in [2.24, 2.45) is 0 Å². The topological polar surface area (TPSA) is 24.5 Å². The Kier molecular flexibility index (Phi) is 11.5. The third-order valence-electron chi connectivity index (χ3n) is 4.30. The van der Waals surface area contributed by atoms with Gasteiger partial charge in [0.15, 0.2) is 0 Å². The number of nitrogens with one attached hydrogen (secondary N) is 1. The van der Waals surface area contributed by atoms with Crippen molar-refractivity contribution in [1.29, 1.82) is 0 Å². The number of hydrogen-bond acceptors (Lipinski definition) is 3. The van der Waals surface area contributed by atoms with Crippen molar-refractivity contribution in [3.05, 3.63) is 48.0 Å². The van der Waals surface area contributed by atoms with E-state index >= 15 is 0 Å². The van der Waals surface area contributed by atoms with Gasteiger partial charge in [-0.2, -0.15) is 0 Å². The first-order valence-corrected chi connectivity index (χ1v) is 9.50. The molecule has 0 bridgehead atoms. The lowest BCUT2D eigenvalue weighted by Crippen LogP contribution is -2.35. The number of ether oxygens (including phenoxy) is 1. The highest BCUT2D eigenvalue weighted by molar-refractivity contribution is 5.26. The number of benzene rings is 1. The van der Waals surface area contributed by atoms with Crippen molar-refractivity contribution in [1.82, 2.24) is 10.2 Å². The Labute approximate surface area is 149 Å². The van der Waals surface area contributed by atoms with E-state index in [0.717, 1.165) is 38.8 Å². The first kappa shape index (κ1) is 20.9. The summed E-state index contributed by atoms with van der Waals surface area (Å²) >= 11 is 0. The maximum absolute atomic E-state index is 5.39. The molecule has 1 aromatic carbocycles. The number of morpholine rings is 1. The molecule has 1 aromatic rings. The third kappa shape index (κ3) is 7.61. The van der Waals surface area contributed by atoms with Gasteiger partial charge in [-0.3, -0.25) is 4.90 Å². The summed E-state index contributed by atoms with van der Waals surface area (Å²) in [5, 5.41) is 3.43. The van der Waals surface area contributed by atoms with E-state index in [2.05, 4.69) is 41.1 Å². The molecule has 0 spiro atoms. The quantitative estimate of drug-likeness (QED) is 0.839. The molecule has 3 heteroatoms. The lowest BCUT2D eigenvalue weighted by molar-refractivity contribution is 0.0342. The van der Waals surface area contributed by atoms with Gasteiger partial charge in [0, 0.05) is 19.6 Å². The average molecular weight is 333 g/mol. The molecule has 24 heavy (non-hydrogen) atoms. The van der Waals surface area contributed by atoms with E-state index < -0.39 is 0 Å². The van der Waals surface area contributed by atoms with Crippen LogP contribution in [0, 0.1) is 0 Å². The van der Waals surface area contributed by atoms with Crippen LogP contribution in [0.5, 0.6) is 0 Å². The molecule has 136 valence electrons. The summed E-state index contributed by atoms with van der Waals surface area (Å²) in [6, 6.07) is 9.30. The summed E-state index contributed by atoms with van der Waals surface area (Å²) in [4.78, 5) is 2.48. The molecular weight excluding hydrogens is 296 g/mol. The fourth-order valence-electron chi connectivity index (χ4n) is 3.07. The standard InChI is InChI=1S/C16H24N2O.C3H6.C2H6/c1-3-15(16-5-7-17-8-6-16)4-2-14(1)13-18-9-11-19-12-10-18;1-3-2;1-2/h1-4,16-17H,5-13H2;3H,1H2,2H3;1-2H3. The Morgan fingerprint density at radius 1 is 1.12 bits per heavy atom. The minimum absolute atomic E-state index is 0.763. The van der Waals surface area contributed by atoms with E-state index in [-0.39, 0.29) is 0 Å². The molecule has 0 unspecified atom stereocenters. The van der Waals surface area contributed by atoms with Crippen LogP contribution in [0.15, 0.2) is 36.9 Å². The molecule has 1 N–H and O–H groups in total. The maximum Gasteiger partial charge on any atom is 0.0594 e. The smallest absolute Gasteiger partial charge is 0.0594 e. The highest BCUT2D eigenvalue weighted by Gasteiger charge is 2.15. The number of allylic oxidation sites excluding steroid dienone is 1. The minimum Gasteiger partial charge on any atom is -0.379 e. The molecular formula is C21H36N2O. The van der Waals surface area contributed by atoms with Crippen molar-refractivity contribution in [2.45, 2.75) is 46.1 Å². The second-order valence-electron chi connectivity index (χ2n) is 6.06. The van der Waals surface area contributed by atoms with Gasteiger partial charge in [0.25, 0.3) is 0 Å². The molecule has 0 saturated carbocycles. The zero-order valence-electron chi connectivity index (χ0n) is 15.9. The number of rotatable bonds is 3. The summed E-state index contributed by atoms with van der Waals surface area (Å²) in [6.07, 6.45) is 4.31. The number of hydrogen-bond donors (Lipinski definition) is 1. The van der Waals surface area contributed by atoms with Gasteiger partial charge in [0.2, 0.25) is 0 Å². The number of piperidine rings is 1. The summed E-state index contributed by atoms with van der Waals surface area (Å²) in [5.74, 6) is 0.763. The zero-order valence-corrected chi connectivity index (χ0v) is 15.9. The molecule has 3 rings (SSSR count). The van der Waals surface area contributed by atoms with Crippen molar-refractivity contribution >= 4 is 0 Å². The van der Waals surface area contributed by atoms with Gasteiger partial charge in [-0.25, -0.2) is 0 Å². The molecule has 2 heterocycles. The molecule has 2 fully saturated rings. The van der Waals surface area contributed by atoms with Crippen LogP contribution in [0.3, 0.4) is 0 Å². The Hall–Kier alpha value is -1.16. The molecule has 0 amide bonds. The second kappa shape index (κ2) is 13.2. The molecule has 2 aliphatic heterocycles. The first-order valence-electron chi connectivity index (χ1n) is 9.50. The zero-order chi connectivity index (χ0) is 17.6. The molecule has 2 aliphatic rings. The normalized spacial score (nSPS) is 18.6. The highest BCUT2D eigenvalue weighted by atomic mass is 16.5. The summed E-state index contributed by atoms with van der Waals surface area (Å²) in [6.45, 7) is 16.5. The monoisotopic (exact) mass is 332 g/mol. The predicted molar refractivity (Wildman–Crippen MR) is 105 cm³/mol. The fourth-order valence-corrected chi connectivity index (χ4v) is 3.07. The van der Waals surface area contributed by atoms with E-state index in [1.165, 1.54) is 37.1 Å². The largest absolute Gasteiger partial charge is 0.379 e. The van der Waals surface area contributed by atoms with Crippen LogP contribution >= 0.6 is 0 Å². The van der Waals surface area contributed by atoms with Gasteiger partial charge < -0.3 is 10.1 Å². The third-order valence-corrected chi connectivity index (χ3v) is 4.30. The second-order valence-corrected chi connectivity index (χ2v) is 6.06. The summed E-state index contributed by atoms with van der Waals surface area (Å²) in [7, 11) is 0. The van der Waals surface area contributed by atoms with E-state index in [9.17, 15) is 0 Å². The van der Waals surface area contributed by atoms with E-state index in [4.69, 9.17) is 4.74 Å². The van der Waals surface area contributed by atoms with Crippen LogP contribution in [0.2, 0.25) is 0 Å². The molecule has 0 aromatic heterocycles. The minimum atomic E-state index is 0.763. The number of nitrogens with zero attached hydrogens (tertiary/aromatic N) is 1. The Balaban J connectivity index is 0.000000521. The van der Waals surface area contributed by atoms with Crippen LogP contribution in [0.25, 0.3) is 0 Å². The van der Waals surface area contributed by atoms with Gasteiger partial charge in [0.1, 0.15) is 0 Å². The van der Waals surface area contributed by atoms with Gasteiger partial charge in [-0.15, -0.1) is 6.58 Å². The van der Waals surface area contributed by atoms with Crippen LogP contribution in [0.4, 0.5) is 0 Å². The molecule has 0 aliphatic carbocycles. The first-order chi connectivity index (χ1) is 11.8. The molecule has 0 radical (unpaired) electrons. The van der Waals surface area contributed by atoms with Crippen LogP contribution < -0.4 is 5.32 Å². The van der Waals surface area contributed by atoms with Crippen LogP contribution in [-0.2, 0) is 11.3 Å². The SMILES string of the molecule is C=CC.CC.c1cc(C2CCNCC2)ccc1CN1CCOCC1. The average Bonchev–Trinajstić information content (AvgIpc) is 2.66. The lowest BCUT2D eigenvalue weighted by atomic mass is 9.90. The Bertz CT molecular complexity index is 418. The van der Waals surface area contributed by atoms with Gasteiger partial charge in [-0.1, -0.05) is 44.2 Å². The van der Waals surface area contributed by atoms with E-state index in [0.29, 0.717) is 0 Å². The summed E-state index contributed by atoms with van der Waals surface area (Å²) in [5.41, 5.74) is 2.95. The van der Waals surface area contributed by atoms with E-state index in [1.807, 2.05) is 20.8 Å². The van der Waals surface area contributed by atoms with Crippen molar-refractivity contribution in [3.8, 4) is 0 Å². The lowest BCUT2D eigenvalue weighted by Gasteiger charge is -2.27.